The number of hydrogen-bond acceptors (Lipinski definition) is 5. The van der Waals surface area contributed by atoms with Crippen LogP contribution >= 0.6 is 0 Å². The molecule has 4 atom stereocenters. The Balaban J connectivity index is 0.746. The Kier molecular flexibility index (Phi) is 11.9. The van der Waals surface area contributed by atoms with E-state index in [1.807, 2.05) is 0 Å². The number of furan rings is 2. The quantitative estimate of drug-likeness (QED) is 0.166. The first-order valence-corrected chi connectivity index (χ1v) is 35.0. The molecule has 0 N–H and O–H groups in total. The van der Waals surface area contributed by atoms with Crippen LogP contribution in [0.4, 0.5) is 39.8 Å². The van der Waals surface area contributed by atoms with Crippen molar-refractivity contribution in [1.82, 2.24) is 0 Å². The largest absolute Gasteiger partial charge is 0.460 e. The van der Waals surface area contributed by atoms with Crippen molar-refractivity contribution in [2.24, 2.45) is 0 Å². The van der Waals surface area contributed by atoms with Gasteiger partial charge in [-0.3, -0.25) is 0 Å². The minimum absolute atomic E-state index is 0.0370. The van der Waals surface area contributed by atoms with E-state index in [4.69, 9.17) is 8.83 Å². The van der Waals surface area contributed by atoms with E-state index in [0.717, 1.165) is 64.7 Å². The van der Waals surface area contributed by atoms with Crippen molar-refractivity contribution in [1.29, 1.82) is 0 Å². The van der Waals surface area contributed by atoms with Gasteiger partial charge in [0, 0.05) is 78.8 Å². The molecular formula is C91H75N3O2. The lowest BCUT2D eigenvalue weighted by Crippen LogP contribution is -2.38. The highest BCUT2D eigenvalue weighted by atomic mass is 16.3. The monoisotopic (exact) mass is 1240 g/mol. The van der Waals surface area contributed by atoms with Gasteiger partial charge in [-0.2, -0.15) is 0 Å². The molecule has 5 nitrogen and oxygen atoms in total. The Hall–Kier alpha value is -10.4. The Morgan fingerprint density at radius 3 is 1.91 bits per heavy atom. The lowest BCUT2D eigenvalue weighted by atomic mass is 9.59. The molecule has 0 amide bonds. The smallest absolute Gasteiger partial charge is 0.135 e. The number of allylic oxidation sites excluding steroid dienone is 7. The van der Waals surface area contributed by atoms with E-state index in [0.29, 0.717) is 11.8 Å². The Bertz CT molecular complexity index is 5530. The summed E-state index contributed by atoms with van der Waals surface area (Å²) in [4.78, 5) is 7.83. The number of rotatable bonds is 6. The zero-order valence-corrected chi connectivity index (χ0v) is 55.4. The minimum atomic E-state index is -0.285. The van der Waals surface area contributed by atoms with Crippen LogP contribution in [0.2, 0.25) is 0 Å². The van der Waals surface area contributed by atoms with Gasteiger partial charge in [-0.05, 0) is 206 Å². The SMILES string of the molecule is CC1(C)c2ccccc2N(C2=CC=CC(c3cc(C4=CC(N5c6ccccc6C(C)(C)c6cc7oc8c(c7cc65)C=CCC8)CC=C4)cc(-c4cccc(N5c6ccccc6C(C)(C)c6cc7oc8ccccc8c7cc65)c4)c3)C2)c2cc3c(cc21)C1CCC1c1ccccc1-3. The summed E-state index contributed by atoms with van der Waals surface area (Å²) in [5, 5.41) is 3.46. The lowest BCUT2D eigenvalue weighted by molar-refractivity contribution is 0.342. The van der Waals surface area contributed by atoms with Gasteiger partial charge in [0.2, 0.25) is 0 Å². The average Bonchev–Trinajstić information content (AvgIpc) is 0.844. The van der Waals surface area contributed by atoms with E-state index in [2.05, 4.69) is 305 Å². The van der Waals surface area contributed by atoms with Crippen LogP contribution in [0, 0.1) is 0 Å². The Morgan fingerprint density at radius 1 is 0.448 bits per heavy atom. The molecule has 1 fully saturated rings. The zero-order chi connectivity index (χ0) is 64.1. The maximum Gasteiger partial charge on any atom is 0.135 e. The standard InChI is InChI=1S/C91H75N3O2/c1-89(2)73-32-11-14-35-79(73)92(82-49-70-64-29-8-7-28-63(64)65-40-41-66(65)69(70)48-76(82)89)60-25-19-22-54(45-60)57-42-58(55-23-20-26-61(46-55)93-80-36-15-12-33-74(80)90(3,4)77-52-87-71(50-83(77)93)67-30-9-17-38-85(67)95-87)44-59(43-57)56-24-21-27-62(47-56)94-81-37-16-13-34-75(81)91(5,6)78-53-88-72(51-84(78)94)68-31-10-18-39-86(68)96-88/h7-17,19-26,28-38,42-44,46-54,62,65-66H,18,27,39-41,45H2,1-6H3. The summed E-state index contributed by atoms with van der Waals surface area (Å²) < 4.78 is 13.3. The van der Waals surface area contributed by atoms with Gasteiger partial charge >= 0.3 is 0 Å². The summed E-state index contributed by atoms with van der Waals surface area (Å²) in [5.41, 5.74) is 33.2. The fourth-order valence-electron chi connectivity index (χ4n) is 18.8. The van der Waals surface area contributed by atoms with Crippen molar-refractivity contribution in [2.75, 3.05) is 14.7 Å². The number of anilines is 7. The van der Waals surface area contributed by atoms with Crippen LogP contribution in [0.3, 0.4) is 0 Å². The molecule has 10 aromatic carbocycles. The van der Waals surface area contributed by atoms with Gasteiger partial charge in [-0.15, -0.1) is 0 Å². The van der Waals surface area contributed by atoms with Crippen LogP contribution in [0.1, 0.15) is 158 Å². The van der Waals surface area contributed by atoms with Crippen molar-refractivity contribution in [3.05, 3.63) is 315 Å². The van der Waals surface area contributed by atoms with Gasteiger partial charge in [0.05, 0.1) is 23.1 Å². The lowest BCUT2D eigenvalue weighted by Gasteiger charge is -2.47. The van der Waals surface area contributed by atoms with E-state index in [1.54, 1.807) is 5.56 Å². The van der Waals surface area contributed by atoms with Gasteiger partial charge in [0.1, 0.15) is 22.5 Å². The molecule has 4 unspecified atom stereocenters. The van der Waals surface area contributed by atoms with Crippen molar-refractivity contribution >= 4 is 84.4 Å². The number of aryl methyl sites for hydroxylation is 1. The van der Waals surface area contributed by atoms with Crippen LogP contribution in [0.5, 0.6) is 0 Å². The normalized spacial score (nSPS) is 20.8. The van der Waals surface area contributed by atoms with Crippen molar-refractivity contribution in [3.63, 3.8) is 0 Å². The van der Waals surface area contributed by atoms with Gasteiger partial charge in [0.25, 0.3) is 0 Å². The molecular weight excluding hydrogens is 1170 g/mol. The van der Waals surface area contributed by atoms with E-state index < -0.39 is 0 Å². The molecule has 12 aromatic rings. The summed E-state index contributed by atoms with van der Waals surface area (Å²) in [6, 6.07) is 76.8. The van der Waals surface area contributed by atoms with Crippen molar-refractivity contribution in [2.45, 2.75) is 120 Å². The predicted octanol–water partition coefficient (Wildman–Crippen LogP) is 24.3. The summed E-state index contributed by atoms with van der Waals surface area (Å²) in [5.74, 6) is 2.34. The number of hydrogen-bond donors (Lipinski definition) is 0. The second-order valence-electron chi connectivity index (χ2n) is 30.1. The molecule has 96 heavy (non-hydrogen) atoms. The third-order valence-corrected chi connectivity index (χ3v) is 23.8. The molecule has 0 radical (unpaired) electrons. The molecule has 1 saturated carbocycles. The Labute approximate surface area is 562 Å². The topological polar surface area (TPSA) is 36.0 Å². The first-order chi connectivity index (χ1) is 46.8. The van der Waals surface area contributed by atoms with E-state index >= 15 is 0 Å². The van der Waals surface area contributed by atoms with Crippen LogP contribution in [-0.2, 0) is 22.7 Å². The van der Waals surface area contributed by atoms with Gasteiger partial charge in [0.15, 0.2) is 0 Å². The third kappa shape index (κ3) is 8.03. The Morgan fingerprint density at radius 2 is 1.10 bits per heavy atom. The first-order valence-electron chi connectivity index (χ1n) is 35.0. The second kappa shape index (κ2) is 20.3. The summed E-state index contributed by atoms with van der Waals surface area (Å²) in [6.07, 6.45) is 25.4. The molecule has 5 aliphatic carbocycles. The summed E-state index contributed by atoms with van der Waals surface area (Å²) >= 11 is 0. The predicted molar refractivity (Wildman–Crippen MR) is 398 cm³/mol. The third-order valence-electron chi connectivity index (χ3n) is 23.8. The highest BCUT2D eigenvalue weighted by Crippen LogP contribution is 2.62. The fraction of sp³-hybridized carbons (Fsp3) is 0.209. The number of fused-ring (bicyclic) bond motifs is 18. The molecule has 3 aliphatic heterocycles. The van der Waals surface area contributed by atoms with Gasteiger partial charge in [-0.1, -0.05) is 211 Å². The maximum atomic E-state index is 6.72. The highest BCUT2D eigenvalue weighted by molar-refractivity contribution is 6.08. The molecule has 466 valence electrons. The molecule has 0 bridgehead atoms. The molecule has 5 heterocycles. The number of para-hydroxylation sites is 4. The molecule has 5 heteroatoms. The van der Waals surface area contributed by atoms with Gasteiger partial charge < -0.3 is 23.5 Å². The summed E-state index contributed by atoms with van der Waals surface area (Å²) in [7, 11) is 0. The van der Waals surface area contributed by atoms with Crippen LogP contribution in [-0.4, -0.2) is 6.04 Å². The molecule has 2 aromatic heterocycles. The van der Waals surface area contributed by atoms with Crippen LogP contribution in [0.25, 0.3) is 66.8 Å². The van der Waals surface area contributed by atoms with E-state index in [-0.39, 0.29) is 28.2 Å². The van der Waals surface area contributed by atoms with Gasteiger partial charge in [-0.25, -0.2) is 0 Å². The molecule has 8 aliphatic rings. The van der Waals surface area contributed by atoms with Crippen LogP contribution in [0.15, 0.2) is 257 Å². The number of nitrogens with zero attached hydrogens (tertiary/aromatic N) is 3. The number of benzene rings is 10. The zero-order valence-electron chi connectivity index (χ0n) is 55.4. The average molecular weight is 1240 g/mol. The second-order valence-corrected chi connectivity index (χ2v) is 30.1. The van der Waals surface area contributed by atoms with Crippen molar-refractivity contribution < 1.29 is 8.83 Å². The summed E-state index contributed by atoms with van der Waals surface area (Å²) in [6.45, 7) is 14.4. The van der Waals surface area contributed by atoms with E-state index in [9.17, 15) is 0 Å². The first kappa shape index (κ1) is 56.0. The minimum Gasteiger partial charge on any atom is -0.460 e. The molecule has 0 saturated heterocycles. The highest BCUT2D eigenvalue weighted by Gasteiger charge is 2.46. The maximum absolute atomic E-state index is 6.72. The molecule has 20 rings (SSSR count). The van der Waals surface area contributed by atoms with E-state index in [1.165, 1.54) is 142 Å². The molecule has 0 spiro atoms. The van der Waals surface area contributed by atoms with Crippen molar-refractivity contribution in [3.8, 4) is 22.3 Å². The fourth-order valence-corrected chi connectivity index (χ4v) is 18.8. The van der Waals surface area contributed by atoms with Crippen LogP contribution < -0.4 is 14.7 Å².